The predicted octanol–water partition coefficient (Wildman–Crippen LogP) is 4.37. The molecule has 0 spiro atoms. The van der Waals surface area contributed by atoms with Crippen LogP contribution in [0.3, 0.4) is 0 Å². The highest BCUT2D eigenvalue weighted by Crippen LogP contribution is 2.46. The van der Waals surface area contributed by atoms with Gasteiger partial charge in [-0.25, -0.2) is 18.7 Å². The van der Waals surface area contributed by atoms with E-state index in [1.807, 2.05) is 0 Å². The van der Waals surface area contributed by atoms with Gasteiger partial charge in [-0.1, -0.05) is 6.92 Å². The number of rotatable bonds is 5. The maximum Gasteiger partial charge on any atom is 0.358 e. The van der Waals surface area contributed by atoms with Gasteiger partial charge in [0.15, 0.2) is 12.0 Å². The minimum absolute atomic E-state index is 0.0107. The minimum atomic E-state index is -4.02. The smallest absolute Gasteiger partial charge is 0.309 e. The van der Waals surface area contributed by atoms with Gasteiger partial charge in [-0.15, -0.1) is 0 Å². The first-order chi connectivity index (χ1) is 15.5. The monoisotopic (exact) mass is 462 g/mol. The Labute approximate surface area is 187 Å². The summed E-state index contributed by atoms with van der Waals surface area (Å²) in [5, 5.41) is 0. The van der Waals surface area contributed by atoms with E-state index in [4.69, 9.17) is 0 Å². The zero-order valence-electron chi connectivity index (χ0n) is 18.4. The summed E-state index contributed by atoms with van der Waals surface area (Å²) in [5.41, 5.74) is -1.17. The fraction of sp³-hybridized carbons (Fsp3) is 0.364. The third kappa shape index (κ3) is 3.42. The normalized spacial score (nSPS) is 19.6. The van der Waals surface area contributed by atoms with Gasteiger partial charge in [-0.05, 0) is 44.5 Å². The van der Waals surface area contributed by atoms with E-state index in [2.05, 4.69) is 15.0 Å². The molecule has 3 aromatic rings. The Morgan fingerprint density at radius 2 is 1.85 bits per heavy atom. The first-order valence-corrected chi connectivity index (χ1v) is 10.3. The highest BCUT2D eigenvalue weighted by atomic mass is 19.3. The van der Waals surface area contributed by atoms with Gasteiger partial charge in [0, 0.05) is 25.0 Å². The van der Waals surface area contributed by atoms with Crippen molar-refractivity contribution in [3.8, 4) is 17.3 Å². The second kappa shape index (κ2) is 7.82. The summed E-state index contributed by atoms with van der Waals surface area (Å²) < 4.78 is 59.4. The zero-order valence-corrected chi connectivity index (χ0v) is 18.4. The van der Waals surface area contributed by atoms with E-state index in [0.717, 1.165) is 6.92 Å². The molecule has 0 aliphatic carbocycles. The van der Waals surface area contributed by atoms with Gasteiger partial charge in [-0.3, -0.25) is 14.3 Å². The number of hydrogen-bond acceptors (Lipinski definition) is 5. The third-order valence-corrected chi connectivity index (χ3v) is 5.99. The van der Waals surface area contributed by atoms with Crippen molar-refractivity contribution in [1.29, 1.82) is 0 Å². The number of hydrogen-bond donors (Lipinski definition) is 0. The fourth-order valence-electron chi connectivity index (χ4n) is 3.91. The van der Waals surface area contributed by atoms with Crippen LogP contribution in [0.1, 0.15) is 27.2 Å². The van der Waals surface area contributed by atoms with Crippen LogP contribution >= 0.6 is 0 Å². The molecule has 0 bridgehead atoms. The molecule has 0 N–H and O–H groups in total. The number of fused-ring (bicyclic) bond motifs is 1. The van der Waals surface area contributed by atoms with Gasteiger partial charge >= 0.3 is 6.05 Å². The first-order valence-electron chi connectivity index (χ1n) is 10.3. The van der Waals surface area contributed by atoms with Crippen molar-refractivity contribution in [3.05, 3.63) is 48.7 Å². The summed E-state index contributed by atoms with van der Waals surface area (Å²) in [5.74, 6) is -0.986. The summed E-state index contributed by atoms with van der Waals surface area (Å²) in [6.07, 6.45) is 1.64. The molecule has 2 aromatic heterocycles. The molecule has 0 saturated heterocycles. The molecule has 4 rings (SSSR count). The van der Waals surface area contributed by atoms with Crippen LogP contribution in [0.25, 0.3) is 17.3 Å². The number of alkyl halides is 3. The largest absolute Gasteiger partial charge is 0.358 e. The molecule has 7 nitrogen and oxygen atoms in total. The average Bonchev–Trinajstić information content (AvgIpc) is 3.27. The Hall–Kier alpha value is -3.50. The molecule has 0 saturated carbocycles. The first kappa shape index (κ1) is 22.7. The van der Waals surface area contributed by atoms with Crippen LogP contribution in [-0.4, -0.2) is 50.2 Å². The van der Waals surface area contributed by atoms with Crippen molar-refractivity contribution in [2.45, 2.75) is 44.9 Å². The molecule has 2 unspecified atom stereocenters. The molecule has 174 valence electrons. The topological polar surface area (TPSA) is 67.2 Å². The molecular formula is C22H22F4N6O. The van der Waals surface area contributed by atoms with Gasteiger partial charge < -0.3 is 4.90 Å². The number of likely N-dealkylation sites (N-methyl/N-ethyl adjacent to an activating group) is 1. The summed E-state index contributed by atoms with van der Waals surface area (Å²) in [6.45, 7) is 3.66. The highest BCUT2D eigenvalue weighted by molar-refractivity contribution is 6.07. The maximum absolute atomic E-state index is 15.2. The number of amides is 1. The van der Waals surface area contributed by atoms with Gasteiger partial charge in [0.05, 0.1) is 6.20 Å². The van der Waals surface area contributed by atoms with Crippen molar-refractivity contribution in [1.82, 2.24) is 19.5 Å². The van der Waals surface area contributed by atoms with E-state index in [1.54, 1.807) is 6.92 Å². The van der Waals surface area contributed by atoms with Crippen LogP contribution in [-0.2, 0) is 4.79 Å². The number of carbonyl (C=O) groups excluding carboxylic acids is 1. The van der Waals surface area contributed by atoms with Crippen molar-refractivity contribution < 1.29 is 22.4 Å². The number of anilines is 2. The van der Waals surface area contributed by atoms with E-state index in [9.17, 15) is 13.6 Å². The van der Waals surface area contributed by atoms with E-state index in [1.165, 1.54) is 66.3 Å². The zero-order chi connectivity index (χ0) is 24.1. The number of halogens is 4. The number of benzene rings is 1. The number of aromatic nitrogens is 4. The van der Waals surface area contributed by atoms with Crippen LogP contribution < -0.4 is 9.80 Å². The molecule has 11 heteroatoms. The molecule has 1 aliphatic rings. The van der Waals surface area contributed by atoms with E-state index in [0.29, 0.717) is 16.3 Å². The quantitative estimate of drug-likeness (QED) is 0.416. The van der Waals surface area contributed by atoms with Gasteiger partial charge in [-0.2, -0.15) is 13.8 Å². The summed E-state index contributed by atoms with van der Waals surface area (Å²) in [6, 6.07) is 1.54. The molecule has 2 atom stereocenters. The lowest BCUT2D eigenvalue weighted by Gasteiger charge is -2.50. The molecule has 1 amide bonds. The fourth-order valence-corrected chi connectivity index (χ4v) is 3.91. The molecular weight excluding hydrogens is 440 g/mol. The summed E-state index contributed by atoms with van der Waals surface area (Å²) >= 11 is 0. The van der Waals surface area contributed by atoms with Gasteiger partial charge in [0.2, 0.25) is 5.95 Å². The Kier molecular flexibility index (Phi) is 5.38. The van der Waals surface area contributed by atoms with Crippen LogP contribution in [0.15, 0.2) is 42.9 Å². The van der Waals surface area contributed by atoms with Crippen LogP contribution in [0.5, 0.6) is 0 Å². The van der Waals surface area contributed by atoms with E-state index >= 15 is 8.78 Å². The summed E-state index contributed by atoms with van der Waals surface area (Å²) in [4.78, 5) is 27.5. The van der Waals surface area contributed by atoms with Gasteiger partial charge in [0.25, 0.3) is 5.91 Å². The molecule has 3 heterocycles. The van der Waals surface area contributed by atoms with Crippen LogP contribution in [0.4, 0.5) is 29.1 Å². The second-order valence-electron chi connectivity index (χ2n) is 8.04. The molecule has 1 aromatic carbocycles. The predicted molar refractivity (Wildman–Crippen MR) is 115 cm³/mol. The number of nitrogens with zero attached hydrogens (tertiary/aromatic N) is 6. The van der Waals surface area contributed by atoms with E-state index < -0.39 is 29.5 Å². The molecule has 0 radical (unpaired) electrons. The van der Waals surface area contributed by atoms with Crippen molar-refractivity contribution in [2.75, 3.05) is 16.8 Å². The van der Waals surface area contributed by atoms with E-state index in [-0.39, 0.29) is 23.9 Å². The summed E-state index contributed by atoms with van der Waals surface area (Å²) in [7, 11) is 1.44. The standard InChI is InChI=1S/C22H22F4N6O/c1-5-21(3)19(33)30(4)16-12-28-20(29-18(16)32(21)22(25,26)13(2)23)31-11-10-27-17(31)14-6-8-15(24)9-7-14/h6-13H,5H2,1-4H3. The lowest BCUT2D eigenvalue weighted by molar-refractivity contribution is -0.131. The Balaban J connectivity index is 1.92. The maximum atomic E-state index is 15.2. The second-order valence-corrected chi connectivity index (χ2v) is 8.04. The number of carbonyl (C=O) groups is 1. The van der Waals surface area contributed by atoms with Crippen LogP contribution in [0.2, 0.25) is 0 Å². The molecule has 0 fully saturated rings. The SMILES string of the molecule is CCC1(C)C(=O)N(C)c2cnc(-n3ccnc3-c3ccc(F)cc3)nc2N1C(F)(F)C(C)F. The van der Waals surface area contributed by atoms with Crippen molar-refractivity contribution in [3.63, 3.8) is 0 Å². The van der Waals surface area contributed by atoms with Crippen molar-refractivity contribution >= 4 is 17.4 Å². The average molecular weight is 462 g/mol. The lowest BCUT2D eigenvalue weighted by Crippen LogP contribution is -2.68. The third-order valence-electron chi connectivity index (χ3n) is 5.99. The van der Waals surface area contributed by atoms with Crippen molar-refractivity contribution in [2.24, 2.45) is 0 Å². The Morgan fingerprint density at radius 3 is 2.45 bits per heavy atom. The van der Waals surface area contributed by atoms with Gasteiger partial charge in [0.1, 0.15) is 22.9 Å². The van der Waals surface area contributed by atoms with Crippen LogP contribution in [0, 0.1) is 5.82 Å². The number of imidazole rings is 1. The highest BCUT2D eigenvalue weighted by Gasteiger charge is 2.59. The Bertz CT molecular complexity index is 1200. The lowest BCUT2D eigenvalue weighted by atomic mass is 9.90. The Morgan fingerprint density at radius 1 is 1.18 bits per heavy atom. The minimum Gasteiger partial charge on any atom is -0.309 e. The molecule has 1 aliphatic heterocycles. The molecule has 33 heavy (non-hydrogen) atoms.